The molecule has 1 aliphatic heterocycles. The molecule has 184 valence electrons. The SMILES string of the molecule is C/C(=C\c1cc2c(cc1N)OCO2)C(=O)Oc1c(C)ncc(CO)c1/C=N/NC(=O)c1ccncc1. The number of aliphatic hydroxyl groups is 1. The van der Waals surface area contributed by atoms with Crippen LogP contribution in [0.3, 0.4) is 0 Å². The van der Waals surface area contributed by atoms with Gasteiger partial charge in [0.15, 0.2) is 17.2 Å². The van der Waals surface area contributed by atoms with Gasteiger partial charge in [-0.3, -0.25) is 14.8 Å². The fourth-order valence-corrected chi connectivity index (χ4v) is 3.33. The Morgan fingerprint density at radius 2 is 1.97 bits per heavy atom. The fraction of sp³-hybridized carbons (Fsp3) is 0.160. The van der Waals surface area contributed by atoms with Crippen molar-refractivity contribution < 1.29 is 28.9 Å². The first-order valence-electron chi connectivity index (χ1n) is 10.8. The molecule has 3 heterocycles. The Kier molecular flexibility index (Phi) is 7.21. The predicted octanol–water partition coefficient (Wildman–Crippen LogP) is 2.36. The average Bonchev–Trinajstić information content (AvgIpc) is 3.33. The molecule has 0 atom stereocenters. The van der Waals surface area contributed by atoms with Gasteiger partial charge < -0.3 is 25.1 Å². The smallest absolute Gasteiger partial charge is 0.339 e. The normalized spacial score (nSPS) is 12.6. The number of ether oxygens (including phenoxy) is 3. The van der Waals surface area contributed by atoms with E-state index < -0.39 is 11.9 Å². The summed E-state index contributed by atoms with van der Waals surface area (Å²) in [6.45, 7) is 2.93. The zero-order chi connectivity index (χ0) is 25.7. The minimum absolute atomic E-state index is 0.0971. The molecule has 11 heteroatoms. The van der Waals surface area contributed by atoms with E-state index in [0.29, 0.717) is 45.1 Å². The Morgan fingerprint density at radius 3 is 2.69 bits per heavy atom. The lowest BCUT2D eigenvalue weighted by Gasteiger charge is -2.13. The Balaban J connectivity index is 1.57. The van der Waals surface area contributed by atoms with Gasteiger partial charge in [0.25, 0.3) is 5.91 Å². The highest BCUT2D eigenvalue weighted by Gasteiger charge is 2.19. The molecule has 3 aromatic rings. The number of rotatable bonds is 7. The molecule has 0 saturated carbocycles. The number of anilines is 1. The Morgan fingerprint density at radius 1 is 1.25 bits per heavy atom. The Hall–Kier alpha value is -4.77. The number of hydrogen-bond acceptors (Lipinski definition) is 10. The minimum atomic E-state index is -0.664. The first-order valence-corrected chi connectivity index (χ1v) is 10.8. The molecule has 1 aromatic carbocycles. The van der Waals surface area contributed by atoms with Crippen molar-refractivity contribution in [1.29, 1.82) is 0 Å². The number of esters is 1. The number of nitrogen functional groups attached to an aromatic ring is 1. The second-order valence-electron chi connectivity index (χ2n) is 7.76. The van der Waals surface area contributed by atoms with E-state index in [2.05, 4.69) is 20.5 Å². The molecule has 4 N–H and O–H groups in total. The van der Waals surface area contributed by atoms with Crippen molar-refractivity contribution in [1.82, 2.24) is 15.4 Å². The van der Waals surface area contributed by atoms with E-state index >= 15 is 0 Å². The van der Waals surface area contributed by atoms with Crippen LogP contribution in [0.15, 0.2) is 53.5 Å². The van der Waals surface area contributed by atoms with Gasteiger partial charge in [0.05, 0.1) is 18.5 Å². The summed E-state index contributed by atoms with van der Waals surface area (Å²) in [5.74, 6) is 0.0398. The van der Waals surface area contributed by atoms with E-state index in [9.17, 15) is 14.7 Å². The van der Waals surface area contributed by atoms with E-state index in [-0.39, 0.29) is 24.7 Å². The number of carbonyl (C=O) groups is 2. The number of aliphatic hydroxyl groups excluding tert-OH is 1. The number of amides is 1. The standard InChI is InChI=1S/C25H23N5O6/c1-14(7-17-8-21-22(9-20(17)26)35-13-34-21)25(33)36-23-15(2)28-10-18(12-31)19(23)11-29-30-24(32)16-3-5-27-6-4-16/h3-11,31H,12-13,26H2,1-2H3,(H,30,32)/b14-7+,29-11+. The van der Waals surface area contributed by atoms with Gasteiger partial charge in [-0.05, 0) is 38.1 Å². The van der Waals surface area contributed by atoms with Crippen LogP contribution >= 0.6 is 0 Å². The summed E-state index contributed by atoms with van der Waals surface area (Å²) in [6, 6.07) is 6.38. The van der Waals surface area contributed by atoms with Crippen LogP contribution < -0.4 is 25.4 Å². The third kappa shape index (κ3) is 5.31. The fourth-order valence-electron chi connectivity index (χ4n) is 3.33. The van der Waals surface area contributed by atoms with Gasteiger partial charge in [-0.1, -0.05) is 0 Å². The molecule has 36 heavy (non-hydrogen) atoms. The van der Waals surface area contributed by atoms with Crippen molar-refractivity contribution in [2.24, 2.45) is 5.10 Å². The molecular weight excluding hydrogens is 466 g/mol. The summed E-state index contributed by atoms with van der Waals surface area (Å²) in [5.41, 5.74) is 11.1. The van der Waals surface area contributed by atoms with Gasteiger partial charge in [0.1, 0.15) is 0 Å². The van der Waals surface area contributed by atoms with Gasteiger partial charge >= 0.3 is 5.97 Å². The van der Waals surface area contributed by atoms with E-state index in [1.54, 1.807) is 32.1 Å². The van der Waals surface area contributed by atoms with Gasteiger partial charge in [-0.25, -0.2) is 10.2 Å². The van der Waals surface area contributed by atoms with Crippen molar-refractivity contribution in [3.05, 3.63) is 76.4 Å². The minimum Gasteiger partial charge on any atom is -0.454 e. The molecule has 1 aliphatic rings. The number of aromatic nitrogens is 2. The highest BCUT2D eigenvalue weighted by molar-refractivity contribution is 5.98. The molecule has 0 bridgehead atoms. The molecular formula is C25H23N5O6. The highest BCUT2D eigenvalue weighted by atomic mass is 16.7. The molecule has 0 saturated heterocycles. The zero-order valence-electron chi connectivity index (χ0n) is 19.5. The van der Waals surface area contributed by atoms with E-state index in [1.807, 2.05) is 0 Å². The summed E-state index contributed by atoms with van der Waals surface area (Å²) in [5, 5.41) is 13.7. The molecule has 0 fully saturated rings. The van der Waals surface area contributed by atoms with Gasteiger partial charge in [-0.2, -0.15) is 5.10 Å². The number of pyridine rings is 2. The van der Waals surface area contributed by atoms with Crippen LogP contribution in [0.5, 0.6) is 17.2 Å². The van der Waals surface area contributed by atoms with Crippen molar-refractivity contribution in [2.75, 3.05) is 12.5 Å². The summed E-state index contributed by atoms with van der Waals surface area (Å²) < 4.78 is 16.3. The molecule has 0 radical (unpaired) electrons. The maximum absolute atomic E-state index is 12.9. The number of nitrogens with two attached hydrogens (primary N) is 1. The lowest BCUT2D eigenvalue weighted by molar-refractivity contribution is -0.130. The molecule has 0 aliphatic carbocycles. The van der Waals surface area contributed by atoms with Crippen LogP contribution in [0.4, 0.5) is 5.69 Å². The number of nitrogens with zero attached hydrogens (tertiary/aromatic N) is 3. The molecule has 0 unspecified atom stereocenters. The number of hydrazone groups is 1. The molecule has 2 aromatic heterocycles. The second kappa shape index (κ2) is 10.7. The average molecular weight is 489 g/mol. The lowest BCUT2D eigenvalue weighted by Crippen LogP contribution is -2.18. The quantitative estimate of drug-likeness (QED) is 0.149. The number of nitrogens with one attached hydrogen (secondary N) is 1. The number of benzene rings is 1. The Labute approximate surface area is 206 Å². The first-order chi connectivity index (χ1) is 17.4. The zero-order valence-corrected chi connectivity index (χ0v) is 19.5. The third-order valence-corrected chi connectivity index (χ3v) is 5.27. The molecule has 1 amide bonds. The maximum atomic E-state index is 12.9. The topological polar surface area (TPSA) is 158 Å². The maximum Gasteiger partial charge on any atom is 0.339 e. The van der Waals surface area contributed by atoms with Crippen LogP contribution in [-0.2, 0) is 11.4 Å². The predicted molar refractivity (Wildman–Crippen MR) is 130 cm³/mol. The summed E-state index contributed by atoms with van der Waals surface area (Å²) >= 11 is 0. The number of fused-ring (bicyclic) bond motifs is 1. The van der Waals surface area contributed by atoms with Gasteiger partial charge in [0.2, 0.25) is 6.79 Å². The van der Waals surface area contributed by atoms with Crippen LogP contribution in [0.25, 0.3) is 6.08 Å². The van der Waals surface area contributed by atoms with Gasteiger partial charge in [-0.15, -0.1) is 0 Å². The number of aryl methyl sites for hydroxylation is 1. The van der Waals surface area contributed by atoms with E-state index in [4.69, 9.17) is 19.9 Å². The first kappa shape index (κ1) is 24.4. The molecule has 4 rings (SSSR count). The van der Waals surface area contributed by atoms with Crippen molar-refractivity contribution in [3.8, 4) is 17.2 Å². The van der Waals surface area contributed by atoms with Crippen molar-refractivity contribution >= 4 is 29.9 Å². The highest BCUT2D eigenvalue weighted by Crippen LogP contribution is 2.36. The van der Waals surface area contributed by atoms with Crippen LogP contribution in [0.2, 0.25) is 0 Å². The van der Waals surface area contributed by atoms with Gasteiger partial charge in [0, 0.05) is 58.2 Å². The van der Waals surface area contributed by atoms with Crippen LogP contribution in [0.1, 0.15) is 39.7 Å². The number of carbonyl (C=O) groups excluding carboxylic acids is 2. The van der Waals surface area contributed by atoms with Crippen molar-refractivity contribution in [2.45, 2.75) is 20.5 Å². The largest absolute Gasteiger partial charge is 0.454 e. The number of hydrogen-bond donors (Lipinski definition) is 3. The lowest BCUT2D eigenvalue weighted by atomic mass is 10.1. The van der Waals surface area contributed by atoms with E-state index in [1.165, 1.54) is 36.9 Å². The third-order valence-electron chi connectivity index (χ3n) is 5.27. The summed E-state index contributed by atoms with van der Waals surface area (Å²) in [4.78, 5) is 33.2. The van der Waals surface area contributed by atoms with Crippen LogP contribution in [0, 0.1) is 6.92 Å². The second-order valence-corrected chi connectivity index (χ2v) is 7.76. The monoisotopic (exact) mass is 489 g/mol. The van der Waals surface area contributed by atoms with Crippen LogP contribution in [-0.4, -0.2) is 40.0 Å². The Bertz CT molecular complexity index is 1370. The van der Waals surface area contributed by atoms with E-state index in [0.717, 1.165) is 0 Å². The summed E-state index contributed by atoms with van der Waals surface area (Å²) in [6.07, 6.45) is 7.27. The summed E-state index contributed by atoms with van der Waals surface area (Å²) in [7, 11) is 0. The van der Waals surface area contributed by atoms with Crippen molar-refractivity contribution in [3.63, 3.8) is 0 Å². The molecule has 0 spiro atoms. The molecule has 11 nitrogen and oxygen atoms in total.